The standard InChI is InChI=1S/C21H26N2O7S/c1-14(15-5-8-18-20(11-15)30-10-9-29-18)22-21(24)13-23(31(4,25)26)17-7-6-16(27-2)12-19(17)28-3/h5-8,11-12,14H,9-10,13H2,1-4H3,(H,22,24). The number of rotatable bonds is 8. The summed E-state index contributed by atoms with van der Waals surface area (Å²) < 4.78 is 47.4. The summed E-state index contributed by atoms with van der Waals surface area (Å²) in [6.07, 6.45) is 1.04. The van der Waals surface area contributed by atoms with E-state index >= 15 is 0 Å². The number of methoxy groups -OCH3 is 2. The second kappa shape index (κ2) is 9.34. The van der Waals surface area contributed by atoms with Gasteiger partial charge in [0.1, 0.15) is 31.3 Å². The van der Waals surface area contributed by atoms with Crippen LogP contribution in [0.4, 0.5) is 5.69 Å². The fourth-order valence-electron chi connectivity index (χ4n) is 3.20. The first-order chi connectivity index (χ1) is 14.7. The first kappa shape index (κ1) is 22.5. The molecule has 0 saturated heterocycles. The van der Waals surface area contributed by atoms with Gasteiger partial charge in [-0.2, -0.15) is 0 Å². The summed E-state index contributed by atoms with van der Waals surface area (Å²) in [5.74, 6) is 1.59. The van der Waals surface area contributed by atoms with Crippen molar-refractivity contribution in [3.63, 3.8) is 0 Å². The third-order valence-electron chi connectivity index (χ3n) is 4.79. The third kappa shape index (κ3) is 5.32. The molecule has 10 heteroatoms. The van der Waals surface area contributed by atoms with Crippen molar-refractivity contribution in [3.05, 3.63) is 42.0 Å². The lowest BCUT2D eigenvalue weighted by Crippen LogP contribution is -2.41. The first-order valence-electron chi connectivity index (χ1n) is 9.61. The van der Waals surface area contributed by atoms with Crippen LogP contribution >= 0.6 is 0 Å². The minimum atomic E-state index is -3.76. The third-order valence-corrected chi connectivity index (χ3v) is 5.91. The van der Waals surface area contributed by atoms with E-state index in [1.165, 1.54) is 20.3 Å². The molecule has 1 heterocycles. The lowest BCUT2D eigenvalue weighted by molar-refractivity contribution is -0.120. The molecule has 3 rings (SSSR count). The van der Waals surface area contributed by atoms with E-state index < -0.39 is 22.5 Å². The summed E-state index contributed by atoms with van der Waals surface area (Å²) in [5, 5.41) is 2.83. The smallest absolute Gasteiger partial charge is 0.241 e. The van der Waals surface area contributed by atoms with Gasteiger partial charge < -0.3 is 24.3 Å². The highest BCUT2D eigenvalue weighted by molar-refractivity contribution is 7.92. The van der Waals surface area contributed by atoms with E-state index in [9.17, 15) is 13.2 Å². The lowest BCUT2D eigenvalue weighted by atomic mass is 10.1. The molecule has 1 N–H and O–H groups in total. The minimum absolute atomic E-state index is 0.243. The molecule has 31 heavy (non-hydrogen) atoms. The molecule has 0 radical (unpaired) electrons. The molecule has 0 aromatic heterocycles. The maximum Gasteiger partial charge on any atom is 0.241 e. The quantitative estimate of drug-likeness (QED) is 0.657. The van der Waals surface area contributed by atoms with Gasteiger partial charge >= 0.3 is 0 Å². The van der Waals surface area contributed by atoms with Gasteiger partial charge in [-0.1, -0.05) is 6.07 Å². The van der Waals surface area contributed by atoms with Crippen LogP contribution in [0.3, 0.4) is 0 Å². The highest BCUT2D eigenvalue weighted by atomic mass is 32.2. The molecule has 0 fully saturated rings. The maximum atomic E-state index is 12.7. The Morgan fingerprint density at radius 3 is 2.45 bits per heavy atom. The van der Waals surface area contributed by atoms with Gasteiger partial charge in [-0.15, -0.1) is 0 Å². The van der Waals surface area contributed by atoms with E-state index in [1.54, 1.807) is 24.3 Å². The monoisotopic (exact) mass is 450 g/mol. The number of hydrogen-bond donors (Lipinski definition) is 1. The van der Waals surface area contributed by atoms with Gasteiger partial charge in [-0.05, 0) is 36.8 Å². The summed E-state index contributed by atoms with van der Waals surface area (Å²) in [6.45, 7) is 2.36. The number of amides is 1. The van der Waals surface area contributed by atoms with Crippen molar-refractivity contribution in [1.29, 1.82) is 0 Å². The van der Waals surface area contributed by atoms with Crippen LogP contribution in [0.2, 0.25) is 0 Å². The Balaban J connectivity index is 1.77. The fraction of sp³-hybridized carbons (Fsp3) is 0.381. The second-order valence-corrected chi connectivity index (χ2v) is 8.91. The number of ether oxygens (including phenoxy) is 4. The van der Waals surface area contributed by atoms with Gasteiger partial charge in [-0.3, -0.25) is 9.10 Å². The van der Waals surface area contributed by atoms with Crippen molar-refractivity contribution in [2.45, 2.75) is 13.0 Å². The van der Waals surface area contributed by atoms with Gasteiger partial charge in [0.15, 0.2) is 11.5 Å². The molecule has 1 unspecified atom stereocenters. The highest BCUT2D eigenvalue weighted by Crippen LogP contribution is 2.34. The molecule has 0 aliphatic carbocycles. The van der Waals surface area contributed by atoms with E-state index in [2.05, 4.69) is 5.32 Å². The molecule has 0 spiro atoms. The van der Waals surface area contributed by atoms with Gasteiger partial charge in [-0.25, -0.2) is 8.42 Å². The molecule has 0 saturated carbocycles. The lowest BCUT2D eigenvalue weighted by Gasteiger charge is -2.25. The number of sulfonamides is 1. The molecule has 168 valence electrons. The van der Waals surface area contributed by atoms with Crippen LogP contribution in [0.1, 0.15) is 18.5 Å². The molecular formula is C21H26N2O7S. The van der Waals surface area contributed by atoms with Crippen LogP contribution in [0.5, 0.6) is 23.0 Å². The van der Waals surface area contributed by atoms with E-state index in [1.807, 2.05) is 13.0 Å². The summed E-state index contributed by atoms with van der Waals surface area (Å²) in [6, 6.07) is 9.75. The predicted octanol–water partition coefficient (Wildman–Crippen LogP) is 2.12. The number of fused-ring (bicyclic) bond motifs is 1. The molecule has 0 bridgehead atoms. The number of carbonyl (C=O) groups excluding carboxylic acids is 1. The number of benzene rings is 2. The SMILES string of the molecule is COc1ccc(N(CC(=O)NC(C)c2ccc3c(c2)OCCO3)S(C)(=O)=O)c(OC)c1. The van der Waals surface area contributed by atoms with Crippen LogP contribution in [-0.4, -0.2) is 54.6 Å². The first-order valence-corrected chi connectivity index (χ1v) is 11.5. The Bertz CT molecular complexity index is 1060. The fourth-order valence-corrected chi connectivity index (χ4v) is 4.06. The van der Waals surface area contributed by atoms with Crippen molar-refractivity contribution < 1.29 is 32.2 Å². The number of carbonyl (C=O) groups is 1. The van der Waals surface area contributed by atoms with Gasteiger partial charge in [0.2, 0.25) is 15.9 Å². The molecule has 1 atom stereocenters. The Hall–Kier alpha value is -3.14. The van der Waals surface area contributed by atoms with E-state index in [-0.39, 0.29) is 17.5 Å². The molecule has 2 aromatic carbocycles. The molecule has 1 aliphatic rings. The van der Waals surface area contributed by atoms with Gasteiger partial charge in [0, 0.05) is 6.07 Å². The van der Waals surface area contributed by atoms with Gasteiger partial charge in [0.25, 0.3) is 0 Å². The number of nitrogens with zero attached hydrogens (tertiary/aromatic N) is 1. The van der Waals surface area contributed by atoms with Crippen molar-refractivity contribution >= 4 is 21.6 Å². The van der Waals surface area contributed by atoms with Crippen molar-refractivity contribution in [2.75, 3.05) is 44.5 Å². The van der Waals surface area contributed by atoms with E-state index in [4.69, 9.17) is 18.9 Å². The predicted molar refractivity (Wildman–Crippen MR) is 116 cm³/mol. The summed E-state index contributed by atoms with van der Waals surface area (Å²) in [7, 11) is -0.848. The van der Waals surface area contributed by atoms with Crippen LogP contribution < -0.4 is 28.6 Å². The van der Waals surface area contributed by atoms with Crippen LogP contribution in [0.15, 0.2) is 36.4 Å². The zero-order chi connectivity index (χ0) is 22.6. The van der Waals surface area contributed by atoms with Crippen molar-refractivity contribution in [3.8, 4) is 23.0 Å². The van der Waals surface area contributed by atoms with E-state index in [0.29, 0.717) is 30.5 Å². The second-order valence-electron chi connectivity index (χ2n) is 7.00. The number of hydrogen-bond acceptors (Lipinski definition) is 7. The van der Waals surface area contributed by atoms with Crippen LogP contribution in [0, 0.1) is 0 Å². The zero-order valence-electron chi connectivity index (χ0n) is 17.9. The van der Waals surface area contributed by atoms with Gasteiger partial charge in [0.05, 0.1) is 32.2 Å². The topological polar surface area (TPSA) is 103 Å². The maximum absolute atomic E-state index is 12.7. The van der Waals surface area contributed by atoms with Crippen molar-refractivity contribution in [1.82, 2.24) is 5.32 Å². The summed E-state index contributed by atoms with van der Waals surface area (Å²) >= 11 is 0. The molecular weight excluding hydrogens is 424 g/mol. The Morgan fingerprint density at radius 1 is 1.10 bits per heavy atom. The Labute approximate surface area is 181 Å². The summed E-state index contributed by atoms with van der Waals surface area (Å²) in [4.78, 5) is 12.7. The Morgan fingerprint density at radius 2 is 1.81 bits per heavy atom. The highest BCUT2D eigenvalue weighted by Gasteiger charge is 2.25. The average molecular weight is 451 g/mol. The summed E-state index contributed by atoms with van der Waals surface area (Å²) in [5.41, 5.74) is 1.05. The van der Waals surface area contributed by atoms with Crippen LogP contribution in [0.25, 0.3) is 0 Å². The largest absolute Gasteiger partial charge is 0.497 e. The normalized spacial score (nSPS) is 13.8. The minimum Gasteiger partial charge on any atom is -0.497 e. The number of nitrogens with one attached hydrogen (secondary N) is 1. The Kier molecular flexibility index (Phi) is 6.79. The number of anilines is 1. The van der Waals surface area contributed by atoms with Crippen molar-refractivity contribution in [2.24, 2.45) is 0 Å². The average Bonchev–Trinajstić information content (AvgIpc) is 2.76. The molecule has 9 nitrogen and oxygen atoms in total. The molecule has 1 amide bonds. The van der Waals surface area contributed by atoms with E-state index in [0.717, 1.165) is 16.1 Å². The zero-order valence-corrected chi connectivity index (χ0v) is 18.7. The van der Waals surface area contributed by atoms with Crippen LogP contribution in [-0.2, 0) is 14.8 Å². The molecule has 2 aromatic rings. The molecule has 1 aliphatic heterocycles.